The van der Waals surface area contributed by atoms with E-state index in [1.165, 1.54) is 23.1 Å². The number of esters is 1. The molecule has 2 atom stereocenters. The highest BCUT2D eigenvalue weighted by molar-refractivity contribution is 6.13. The molecular formula is C26H30N2O6. The molecular weight excluding hydrogens is 436 g/mol. The normalized spacial score (nSPS) is 23.0. The van der Waals surface area contributed by atoms with Crippen molar-refractivity contribution < 1.29 is 29.3 Å². The zero-order valence-corrected chi connectivity index (χ0v) is 19.5. The summed E-state index contributed by atoms with van der Waals surface area (Å²) in [5.41, 5.74) is 4.71. The van der Waals surface area contributed by atoms with Crippen molar-refractivity contribution in [1.29, 1.82) is 0 Å². The minimum absolute atomic E-state index is 0.0416. The molecule has 1 saturated heterocycles. The van der Waals surface area contributed by atoms with E-state index >= 15 is 0 Å². The molecule has 180 valence electrons. The van der Waals surface area contributed by atoms with Gasteiger partial charge in [0.2, 0.25) is 0 Å². The van der Waals surface area contributed by atoms with Gasteiger partial charge in [-0.3, -0.25) is 4.90 Å². The van der Waals surface area contributed by atoms with Crippen molar-refractivity contribution >= 4 is 34.5 Å². The average molecular weight is 467 g/mol. The molecule has 0 radical (unpaired) electrons. The van der Waals surface area contributed by atoms with Gasteiger partial charge in [-0.25, -0.2) is 14.4 Å². The van der Waals surface area contributed by atoms with Crippen LogP contribution in [-0.4, -0.2) is 57.3 Å². The van der Waals surface area contributed by atoms with Crippen molar-refractivity contribution in [2.24, 2.45) is 5.41 Å². The van der Waals surface area contributed by atoms with E-state index in [0.29, 0.717) is 24.8 Å². The number of benzene rings is 1. The van der Waals surface area contributed by atoms with Crippen LogP contribution in [-0.2, 0) is 25.5 Å². The van der Waals surface area contributed by atoms with Gasteiger partial charge in [0, 0.05) is 35.2 Å². The largest absolute Gasteiger partial charge is 0.478 e. The van der Waals surface area contributed by atoms with Crippen LogP contribution in [0.4, 0.5) is 0 Å². The highest BCUT2D eigenvalue weighted by atomic mass is 16.5. The molecule has 0 amide bonds. The Morgan fingerprint density at radius 1 is 1.12 bits per heavy atom. The molecule has 4 heterocycles. The Morgan fingerprint density at radius 2 is 1.82 bits per heavy atom. The van der Waals surface area contributed by atoms with E-state index in [1.807, 2.05) is 6.92 Å². The van der Waals surface area contributed by atoms with E-state index < -0.39 is 11.9 Å². The molecule has 8 heteroatoms. The van der Waals surface area contributed by atoms with Gasteiger partial charge in [-0.2, -0.15) is 0 Å². The quantitative estimate of drug-likeness (QED) is 0.509. The third-order valence-corrected chi connectivity index (χ3v) is 7.10. The van der Waals surface area contributed by atoms with Crippen LogP contribution in [0.3, 0.4) is 0 Å². The molecule has 34 heavy (non-hydrogen) atoms. The van der Waals surface area contributed by atoms with E-state index in [4.69, 9.17) is 14.9 Å². The first kappa shape index (κ1) is 23.8. The maximum absolute atomic E-state index is 12.9. The molecule has 5 rings (SSSR count). The number of para-hydroxylation sites is 1. The van der Waals surface area contributed by atoms with Crippen molar-refractivity contribution in [3.63, 3.8) is 0 Å². The van der Waals surface area contributed by atoms with Crippen LogP contribution >= 0.6 is 0 Å². The predicted octanol–water partition coefficient (Wildman–Crippen LogP) is 3.86. The smallest absolute Gasteiger partial charge is 0.354 e. The number of carbonyl (C=O) groups excluding carboxylic acids is 1. The second-order valence-electron chi connectivity index (χ2n) is 8.85. The van der Waals surface area contributed by atoms with Gasteiger partial charge in [-0.05, 0) is 56.9 Å². The van der Waals surface area contributed by atoms with Gasteiger partial charge in [0.25, 0.3) is 0 Å². The maximum atomic E-state index is 12.9. The molecule has 0 aliphatic carbocycles. The highest BCUT2D eigenvalue weighted by Gasteiger charge is 2.51. The Hall–Kier alpha value is -3.39. The van der Waals surface area contributed by atoms with Gasteiger partial charge in [-0.15, -0.1) is 0 Å². The molecule has 2 N–H and O–H groups in total. The minimum Gasteiger partial charge on any atom is -0.478 e. The predicted molar refractivity (Wildman–Crippen MR) is 127 cm³/mol. The third-order valence-electron chi connectivity index (χ3n) is 7.10. The molecule has 1 aromatic carbocycles. The number of carbonyl (C=O) groups is 3. The van der Waals surface area contributed by atoms with E-state index in [0.717, 1.165) is 43.6 Å². The summed E-state index contributed by atoms with van der Waals surface area (Å²) in [6, 6.07) is 8.92. The number of carboxylic acids is 2. The average Bonchev–Trinajstić information content (AvgIpc) is 3.17. The zero-order valence-electron chi connectivity index (χ0n) is 19.5. The van der Waals surface area contributed by atoms with Crippen molar-refractivity contribution in [2.45, 2.75) is 45.6 Å². The van der Waals surface area contributed by atoms with E-state index in [9.17, 15) is 14.4 Å². The van der Waals surface area contributed by atoms with Gasteiger partial charge in [0.1, 0.15) is 5.70 Å². The van der Waals surface area contributed by atoms with Gasteiger partial charge >= 0.3 is 17.9 Å². The van der Waals surface area contributed by atoms with Gasteiger partial charge in [0.15, 0.2) is 0 Å². The Balaban J connectivity index is 0.000000297. The number of nitrogens with zero attached hydrogens (tertiary/aromatic N) is 2. The molecule has 1 aromatic heterocycles. The number of fused-ring (bicyclic) bond motifs is 3. The first-order valence-corrected chi connectivity index (χ1v) is 11.7. The third kappa shape index (κ3) is 4.03. The van der Waals surface area contributed by atoms with E-state index in [1.54, 1.807) is 0 Å². The van der Waals surface area contributed by atoms with Gasteiger partial charge < -0.3 is 19.5 Å². The second kappa shape index (κ2) is 9.46. The Kier molecular flexibility index (Phi) is 6.61. The summed E-state index contributed by atoms with van der Waals surface area (Å²) < 4.78 is 7.69. The van der Waals surface area contributed by atoms with E-state index in [2.05, 4.69) is 46.7 Å². The summed E-state index contributed by atoms with van der Waals surface area (Å²) in [5, 5.41) is 16.9. The fourth-order valence-electron chi connectivity index (χ4n) is 5.78. The fourth-order valence-corrected chi connectivity index (χ4v) is 5.78. The molecule has 0 bridgehead atoms. The molecule has 0 spiro atoms. The van der Waals surface area contributed by atoms with Crippen molar-refractivity contribution in [3.05, 3.63) is 53.8 Å². The molecule has 1 fully saturated rings. The lowest BCUT2D eigenvalue weighted by Gasteiger charge is -2.53. The number of aromatic nitrogens is 1. The summed E-state index contributed by atoms with van der Waals surface area (Å²) >= 11 is 0. The summed E-state index contributed by atoms with van der Waals surface area (Å²) in [7, 11) is 0. The Labute approximate surface area is 198 Å². The topological polar surface area (TPSA) is 109 Å². The maximum Gasteiger partial charge on any atom is 0.354 e. The monoisotopic (exact) mass is 466 g/mol. The second-order valence-corrected chi connectivity index (χ2v) is 8.85. The number of piperidine rings is 1. The fraction of sp³-hybridized carbons (Fsp3) is 0.423. The van der Waals surface area contributed by atoms with Crippen molar-refractivity contribution in [2.75, 3.05) is 19.7 Å². The molecule has 0 unspecified atom stereocenters. The molecule has 2 aromatic rings. The van der Waals surface area contributed by atoms with Crippen molar-refractivity contribution in [1.82, 2.24) is 9.47 Å². The molecule has 8 nitrogen and oxygen atoms in total. The van der Waals surface area contributed by atoms with Crippen LogP contribution in [0.1, 0.15) is 50.4 Å². The number of rotatable bonds is 5. The van der Waals surface area contributed by atoms with Crippen molar-refractivity contribution in [3.8, 4) is 0 Å². The SMILES string of the molecule is CCOC(=O)C1=C[C@]2(CC)CCCN3CCc4c(n1c1ccccc41)[C@@H]32.O=C(O)/C=C\C(=O)O. The summed E-state index contributed by atoms with van der Waals surface area (Å²) in [5.74, 6) is -2.70. The molecule has 3 aliphatic rings. The van der Waals surface area contributed by atoms with Crippen LogP contribution in [0.5, 0.6) is 0 Å². The lowest BCUT2D eigenvalue weighted by molar-refractivity contribution is -0.137. The number of carboxylic acid groups (broad SMARTS) is 2. The van der Waals surface area contributed by atoms with Crippen LogP contribution in [0.25, 0.3) is 16.6 Å². The van der Waals surface area contributed by atoms with Crippen LogP contribution < -0.4 is 0 Å². The molecule has 3 aliphatic heterocycles. The summed E-state index contributed by atoms with van der Waals surface area (Å²) in [6.07, 6.45) is 7.84. The summed E-state index contributed by atoms with van der Waals surface area (Å²) in [4.78, 5) is 34.7. The van der Waals surface area contributed by atoms with E-state index in [-0.39, 0.29) is 11.4 Å². The first-order valence-electron chi connectivity index (χ1n) is 11.7. The Morgan fingerprint density at radius 3 is 2.47 bits per heavy atom. The van der Waals surface area contributed by atoms with Gasteiger partial charge in [0.05, 0.1) is 18.2 Å². The van der Waals surface area contributed by atoms with Crippen LogP contribution in [0.2, 0.25) is 0 Å². The highest BCUT2D eigenvalue weighted by Crippen LogP contribution is 2.57. The lowest BCUT2D eigenvalue weighted by Crippen LogP contribution is -2.51. The number of hydrogen-bond donors (Lipinski definition) is 2. The van der Waals surface area contributed by atoms with Gasteiger partial charge in [-0.1, -0.05) is 25.1 Å². The standard InChI is InChI=1S/C22H26N2O2.C4H4O4/c1-3-22-11-7-12-23-13-10-16-15-8-5-6-9-17(15)24(19(16)20(22)23)18(14-22)21(25)26-4-2;5-3(6)1-2-4(7)8/h5-6,8-9,14,20H,3-4,7,10-13H2,1-2H3;1-2H,(H,5,6)(H,7,8)/b;2-1-/t20-,22+;/m1./s1. The molecule has 0 saturated carbocycles. The van der Waals surface area contributed by atoms with Crippen LogP contribution in [0, 0.1) is 5.41 Å². The number of aliphatic carboxylic acids is 2. The van der Waals surface area contributed by atoms with Crippen LogP contribution in [0.15, 0.2) is 42.5 Å². The zero-order chi connectivity index (χ0) is 24.5. The number of ether oxygens (including phenoxy) is 1. The lowest BCUT2D eigenvalue weighted by atomic mass is 9.66. The first-order chi connectivity index (χ1) is 16.3. The number of hydrogen-bond acceptors (Lipinski definition) is 5. The Bertz CT molecular complexity index is 1180. The summed E-state index contributed by atoms with van der Waals surface area (Å²) in [6.45, 7) is 6.85. The minimum atomic E-state index is -1.26.